The van der Waals surface area contributed by atoms with Crippen molar-refractivity contribution in [3.8, 4) is 11.1 Å². The second-order valence-electron chi connectivity index (χ2n) is 11.2. The average Bonchev–Trinajstić information content (AvgIpc) is 3.78. The van der Waals surface area contributed by atoms with Crippen LogP contribution in [-0.4, -0.2) is 80.5 Å². The standard InChI is InChI=1S/C32H36F2N4O4S/c1-43(41,42)38-19-17-37(18-20-38)32(40)29(3-2-16-35-30-21-28(30)24-10-14-27(34)15-11-24)36-31(39)25-6-4-22(5-7-25)23-8-12-26(33)13-9-23/h4-15,28-30,35H,2-3,16-21H2,1H3,(H,36,39)/t28-,29+,30+/m1/s1. The van der Waals surface area contributed by atoms with Gasteiger partial charge < -0.3 is 15.5 Å². The van der Waals surface area contributed by atoms with Gasteiger partial charge in [-0.3, -0.25) is 9.59 Å². The van der Waals surface area contributed by atoms with E-state index in [4.69, 9.17) is 0 Å². The summed E-state index contributed by atoms with van der Waals surface area (Å²) in [5.41, 5.74) is 3.14. The maximum Gasteiger partial charge on any atom is 0.251 e. The molecule has 228 valence electrons. The van der Waals surface area contributed by atoms with Gasteiger partial charge >= 0.3 is 0 Å². The molecular formula is C32H36F2N4O4S. The quantitative estimate of drug-likeness (QED) is 0.323. The Morgan fingerprint density at radius 3 is 2.00 bits per heavy atom. The minimum atomic E-state index is -3.34. The highest BCUT2D eigenvalue weighted by Crippen LogP contribution is 2.40. The Hall–Kier alpha value is -3.67. The zero-order valence-corrected chi connectivity index (χ0v) is 24.8. The Morgan fingerprint density at radius 2 is 1.42 bits per heavy atom. The number of amides is 2. The zero-order valence-electron chi connectivity index (χ0n) is 24.0. The summed E-state index contributed by atoms with van der Waals surface area (Å²) in [6.45, 7) is 1.58. The molecule has 2 fully saturated rings. The van der Waals surface area contributed by atoms with Gasteiger partial charge in [0.1, 0.15) is 17.7 Å². The van der Waals surface area contributed by atoms with E-state index in [1.165, 1.54) is 28.6 Å². The maximum absolute atomic E-state index is 13.6. The maximum atomic E-state index is 13.6. The summed E-state index contributed by atoms with van der Waals surface area (Å²) in [6.07, 6.45) is 3.16. The Bertz CT molecular complexity index is 1530. The highest BCUT2D eigenvalue weighted by Gasteiger charge is 2.38. The molecule has 5 rings (SSSR count). The van der Waals surface area contributed by atoms with Crippen LogP contribution in [0.3, 0.4) is 0 Å². The van der Waals surface area contributed by atoms with E-state index >= 15 is 0 Å². The molecule has 11 heteroatoms. The molecule has 2 amide bonds. The summed E-state index contributed by atoms with van der Waals surface area (Å²) in [6, 6.07) is 19.1. The number of hydrogen-bond donors (Lipinski definition) is 2. The molecule has 1 saturated carbocycles. The van der Waals surface area contributed by atoms with Gasteiger partial charge in [-0.1, -0.05) is 36.4 Å². The highest BCUT2D eigenvalue weighted by atomic mass is 32.2. The fourth-order valence-electron chi connectivity index (χ4n) is 5.51. The Morgan fingerprint density at radius 1 is 0.860 bits per heavy atom. The molecule has 3 aromatic rings. The SMILES string of the molecule is CS(=O)(=O)N1CCN(C(=O)[C@H](CCCN[C@H]2C[C@@H]2c2ccc(F)cc2)NC(=O)c2ccc(-c3ccc(F)cc3)cc2)CC1. The largest absolute Gasteiger partial charge is 0.340 e. The third kappa shape index (κ3) is 8.04. The Kier molecular flexibility index (Phi) is 9.53. The first-order valence-corrected chi connectivity index (χ1v) is 16.3. The fraction of sp³-hybridized carbons (Fsp3) is 0.375. The van der Waals surface area contributed by atoms with Crippen LogP contribution in [0.25, 0.3) is 11.1 Å². The van der Waals surface area contributed by atoms with Gasteiger partial charge in [-0.25, -0.2) is 17.2 Å². The van der Waals surface area contributed by atoms with Crippen molar-refractivity contribution < 1.29 is 26.8 Å². The van der Waals surface area contributed by atoms with Crippen LogP contribution in [0, 0.1) is 11.6 Å². The first-order chi connectivity index (χ1) is 20.6. The van der Waals surface area contributed by atoms with E-state index in [2.05, 4.69) is 10.6 Å². The lowest BCUT2D eigenvalue weighted by Gasteiger charge is -2.35. The van der Waals surface area contributed by atoms with Crippen LogP contribution >= 0.6 is 0 Å². The Balaban J connectivity index is 1.19. The highest BCUT2D eigenvalue weighted by molar-refractivity contribution is 7.88. The minimum Gasteiger partial charge on any atom is -0.340 e. The summed E-state index contributed by atoms with van der Waals surface area (Å²) in [7, 11) is -3.34. The Labute approximate surface area is 251 Å². The fourth-order valence-corrected chi connectivity index (χ4v) is 6.34. The molecule has 2 N–H and O–H groups in total. The lowest BCUT2D eigenvalue weighted by molar-refractivity contribution is -0.134. The number of sulfonamides is 1. The van der Waals surface area contributed by atoms with E-state index in [1.807, 2.05) is 12.1 Å². The van der Waals surface area contributed by atoms with Gasteiger partial charge in [0.2, 0.25) is 15.9 Å². The lowest BCUT2D eigenvalue weighted by atomic mass is 10.0. The molecule has 1 saturated heterocycles. The number of carbonyl (C=O) groups excluding carboxylic acids is 2. The van der Waals surface area contributed by atoms with E-state index in [1.54, 1.807) is 41.3 Å². The average molecular weight is 611 g/mol. The first-order valence-electron chi connectivity index (χ1n) is 14.5. The van der Waals surface area contributed by atoms with E-state index < -0.39 is 16.1 Å². The van der Waals surface area contributed by atoms with Gasteiger partial charge in [0, 0.05) is 43.7 Å². The van der Waals surface area contributed by atoms with Crippen molar-refractivity contribution in [1.29, 1.82) is 0 Å². The van der Waals surface area contributed by atoms with Crippen molar-refractivity contribution in [1.82, 2.24) is 19.8 Å². The van der Waals surface area contributed by atoms with Crippen molar-refractivity contribution in [3.63, 3.8) is 0 Å². The second-order valence-corrected chi connectivity index (χ2v) is 13.2. The number of piperazine rings is 1. The van der Waals surface area contributed by atoms with Crippen LogP contribution in [-0.2, 0) is 14.8 Å². The topological polar surface area (TPSA) is 98.8 Å². The van der Waals surface area contributed by atoms with E-state index in [0.29, 0.717) is 30.9 Å². The number of benzene rings is 3. The molecule has 1 aliphatic heterocycles. The normalized spacial score (nSPS) is 19.6. The first kappa shape index (κ1) is 30.8. The molecule has 8 nitrogen and oxygen atoms in total. The predicted octanol–water partition coefficient (Wildman–Crippen LogP) is 3.76. The molecule has 1 aliphatic carbocycles. The lowest BCUT2D eigenvalue weighted by Crippen LogP contribution is -2.55. The number of halogens is 2. The van der Waals surface area contributed by atoms with Gasteiger partial charge in [-0.2, -0.15) is 4.31 Å². The van der Waals surface area contributed by atoms with E-state index in [-0.39, 0.29) is 55.7 Å². The summed E-state index contributed by atoms with van der Waals surface area (Å²) < 4.78 is 51.7. The van der Waals surface area contributed by atoms with Gasteiger partial charge in [-0.15, -0.1) is 0 Å². The summed E-state index contributed by atoms with van der Waals surface area (Å²) in [4.78, 5) is 28.4. The monoisotopic (exact) mass is 610 g/mol. The van der Waals surface area contributed by atoms with Crippen molar-refractivity contribution in [3.05, 3.63) is 95.6 Å². The molecule has 0 unspecified atom stereocenters. The van der Waals surface area contributed by atoms with Gasteiger partial charge in [0.15, 0.2) is 0 Å². The van der Waals surface area contributed by atoms with Crippen LogP contribution in [0.15, 0.2) is 72.8 Å². The summed E-state index contributed by atoms with van der Waals surface area (Å²) in [5.74, 6) is -0.867. The summed E-state index contributed by atoms with van der Waals surface area (Å²) >= 11 is 0. The zero-order chi connectivity index (χ0) is 30.6. The van der Waals surface area contributed by atoms with Crippen molar-refractivity contribution >= 4 is 21.8 Å². The summed E-state index contributed by atoms with van der Waals surface area (Å²) in [5, 5.41) is 6.41. The number of nitrogens with zero attached hydrogens (tertiary/aromatic N) is 2. The van der Waals surface area contributed by atoms with Crippen LogP contribution in [0.2, 0.25) is 0 Å². The smallest absolute Gasteiger partial charge is 0.251 e. The van der Waals surface area contributed by atoms with Gasteiger partial charge in [0.25, 0.3) is 5.91 Å². The molecule has 0 bridgehead atoms. The van der Waals surface area contributed by atoms with E-state index in [0.717, 1.165) is 29.4 Å². The molecule has 0 aromatic heterocycles. The second kappa shape index (κ2) is 13.3. The van der Waals surface area contributed by atoms with Crippen molar-refractivity contribution in [2.24, 2.45) is 0 Å². The van der Waals surface area contributed by atoms with Crippen LogP contribution in [0.5, 0.6) is 0 Å². The molecule has 1 heterocycles. The van der Waals surface area contributed by atoms with Crippen molar-refractivity contribution in [2.75, 3.05) is 39.0 Å². The molecule has 2 aliphatic rings. The number of hydrogen-bond acceptors (Lipinski definition) is 5. The molecule has 3 aromatic carbocycles. The molecule has 0 radical (unpaired) electrons. The minimum absolute atomic E-state index is 0.212. The molecule has 3 atom stereocenters. The van der Waals surface area contributed by atoms with Gasteiger partial charge in [-0.05, 0) is 78.9 Å². The predicted molar refractivity (Wildman–Crippen MR) is 161 cm³/mol. The van der Waals surface area contributed by atoms with Gasteiger partial charge in [0.05, 0.1) is 6.26 Å². The number of rotatable bonds is 11. The number of carbonyl (C=O) groups is 2. The van der Waals surface area contributed by atoms with E-state index in [9.17, 15) is 26.8 Å². The van der Waals surface area contributed by atoms with Crippen LogP contribution < -0.4 is 10.6 Å². The van der Waals surface area contributed by atoms with Crippen LogP contribution in [0.4, 0.5) is 8.78 Å². The molecule has 0 spiro atoms. The molecular weight excluding hydrogens is 574 g/mol. The third-order valence-corrected chi connectivity index (χ3v) is 9.42. The molecule has 43 heavy (non-hydrogen) atoms. The van der Waals surface area contributed by atoms with Crippen LogP contribution in [0.1, 0.15) is 41.1 Å². The van der Waals surface area contributed by atoms with Crippen molar-refractivity contribution in [2.45, 2.75) is 37.3 Å². The number of nitrogens with one attached hydrogen (secondary N) is 2. The third-order valence-electron chi connectivity index (χ3n) is 8.11.